The second kappa shape index (κ2) is 12.6. The Morgan fingerprint density at radius 2 is 1.67 bits per heavy atom. The van der Waals surface area contributed by atoms with Crippen LogP contribution in [0.3, 0.4) is 0 Å². The Bertz CT molecular complexity index is 1500. The van der Waals surface area contributed by atoms with Crippen LogP contribution in [0.15, 0.2) is 83.1 Å². The Balaban J connectivity index is 1.45. The van der Waals surface area contributed by atoms with E-state index in [0.29, 0.717) is 33.1 Å². The molecule has 1 atom stereocenters. The molecule has 0 spiro atoms. The standard InChI is InChI=1S/C30H28N2O5S2/c1-18-11-13-20(14-12-18)25-17-38-29(26(25)30(35)37-4)32-27(33)19(2)39-24-10-6-8-22(16-24)31-28(34)21-7-5-9-23(15-21)36-3/h5-17,19H,1-4H3,(H,31,34)(H,32,33). The largest absolute Gasteiger partial charge is 0.497 e. The Morgan fingerprint density at radius 3 is 2.38 bits per heavy atom. The molecule has 2 amide bonds. The summed E-state index contributed by atoms with van der Waals surface area (Å²) in [4.78, 5) is 39.3. The highest BCUT2D eigenvalue weighted by Crippen LogP contribution is 2.37. The quantitative estimate of drug-likeness (QED) is 0.171. The predicted molar refractivity (Wildman–Crippen MR) is 157 cm³/mol. The number of carbonyl (C=O) groups is 3. The van der Waals surface area contributed by atoms with Crippen LogP contribution in [0, 0.1) is 6.92 Å². The number of esters is 1. The monoisotopic (exact) mass is 560 g/mol. The Kier molecular flexibility index (Phi) is 9.06. The van der Waals surface area contributed by atoms with Gasteiger partial charge in [0.15, 0.2) is 0 Å². The van der Waals surface area contributed by atoms with Gasteiger partial charge in [-0.2, -0.15) is 0 Å². The zero-order valence-electron chi connectivity index (χ0n) is 21.9. The second-order valence-electron chi connectivity index (χ2n) is 8.67. The first-order chi connectivity index (χ1) is 18.8. The summed E-state index contributed by atoms with van der Waals surface area (Å²) in [6, 6.07) is 22.0. The van der Waals surface area contributed by atoms with Crippen LogP contribution in [0.2, 0.25) is 0 Å². The third-order valence-corrected chi connectivity index (χ3v) is 7.87. The highest BCUT2D eigenvalue weighted by molar-refractivity contribution is 8.00. The number of amides is 2. The Labute approximate surface area is 235 Å². The van der Waals surface area contributed by atoms with E-state index in [2.05, 4.69) is 10.6 Å². The lowest BCUT2D eigenvalue weighted by molar-refractivity contribution is -0.115. The van der Waals surface area contributed by atoms with Gasteiger partial charge in [-0.25, -0.2) is 4.79 Å². The van der Waals surface area contributed by atoms with Crippen LogP contribution < -0.4 is 15.4 Å². The summed E-state index contributed by atoms with van der Waals surface area (Å²) >= 11 is 2.63. The number of benzene rings is 3. The zero-order chi connectivity index (χ0) is 27.9. The molecule has 0 radical (unpaired) electrons. The van der Waals surface area contributed by atoms with Crippen molar-refractivity contribution < 1.29 is 23.9 Å². The van der Waals surface area contributed by atoms with Crippen molar-refractivity contribution in [2.24, 2.45) is 0 Å². The van der Waals surface area contributed by atoms with Crippen molar-refractivity contribution in [1.82, 2.24) is 0 Å². The summed E-state index contributed by atoms with van der Waals surface area (Å²) in [5, 5.41) is 7.59. The summed E-state index contributed by atoms with van der Waals surface area (Å²) in [6.07, 6.45) is 0. The molecule has 7 nitrogen and oxygen atoms in total. The minimum Gasteiger partial charge on any atom is -0.497 e. The molecule has 1 unspecified atom stereocenters. The molecule has 39 heavy (non-hydrogen) atoms. The van der Waals surface area contributed by atoms with E-state index in [0.717, 1.165) is 16.0 Å². The topological polar surface area (TPSA) is 93.7 Å². The number of thiophene rings is 1. The molecule has 200 valence electrons. The molecule has 0 aliphatic carbocycles. The molecule has 0 aliphatic heterocycles. The first-order valence-corrected chi connectivity index (χ1v) is 13.8. The SMILES string of the molecule is COC(=O)c1c(-c2ccc(C)cc2)csc1NC(=O)C(C)Sc1cccc(NC(=O)c2cccc(OC)c2)c1. The van der Waals surface area contributed by atoms with E-state index >= 15 is 0 Å². The number of aryl methyl sites for hydroxylation is 1. The van der Waals surface area contributed by atoms with Crippen molar-refractivity contribution in [3.63, 3.8) is 0 Å². The Morgan fingerprint density at radius 1 is 0.923 bits per heavy atom. The first-order valence-electron chi connectivity index (χ1n) is 12.1. The van der Waals surface area contributed by atoms with Crippen LogP contribution >= 0.6 is 23.1 Å². The number of nitrogens with one attached hydrogen (secondary N) is 2. The van der Waals surface area contributed by atoms with Gasteiger partial charge in [-0.05, 0) is 55.8 Å². The fraction of sp³-hybridized carbons (Fsp3) is 0.167. The van der Waals surface area contributed by atoms with Gasteiger partial charge >= 0.3 is 5.97 Å². The van der Waals surface area contributed by atoms with Gasteiger partial charge in [0, 0.05) is 27.1 Å². The van der Waals surface area contributed by atoms with E-state index in [-0.39, 0.29) is 11.8 Å². The lowest BCUT2D eigenvalue weighted by Gasteiger charge is -2.13. The highest BCUT2D eigenvalue weighted by Gasteiger charge is 2.24. The fourth-order valence-electron chi connectivity index (χ4n) is 3.79. The zero-order valence-corrected chi connectivity index (χ0v) is 23.6. The molecule has 0 fully saturated rings. The highest BCUT2D eigenvalue weighted by atomic mass is 32.2. The number of rotatable bonds is 9. The predicted octanol–water partition coefficient (Wildman–Crippen LogP) is 6.89. The maximum Gasteiger partial charge on any atom is 0.341 e. The van der Waals surface area contributed by atoms with Crippen LogP contribution in [-0.4, -0.2) is 37.3 Å². The number of ether oxygens (including phenoxy) is 2. The number of thioether (sulfide) groups is 1. The van der Waals surface area contributed by atoms with E-state index in [1.54, 1.807) is 44.4 Å². The van der Waals surface area contributed by atoms with Crippen LogP contribution in [0.5, 0.6) is 5.75 Å². The second-order valence-corrected chi connectivity index (χ2v) is 11.0. The summed E-state index contributed by atoms with van der Waals surface area (Å²) in [5.74, 6) is -0.437. The number of anilines is 2. The Hall–Kier alpha value is -4.08. The van der Waals surface area contributed by atoms with Crippen molar-refractivity contribution in [3.05, 3.63) is 94.9 Å². The number of carbonyl (C=O) groups excluding carboxylic acids is 3. The fourth-order valence-corrected chi connectivity index (χ4v) is 5.67. The summed E-state index contributed by atoms with van der Waals surface area (Å²) < 4.78 is 10.2. The van der Waals surface area contributed by atoms with Crippen LogP contribution in [0.25, 0.3) is 11.1 Å². The third kappa shape index (κ3) is 6.87. The molecule has 0 saturated heterocycles. The molecule has 1 heterocycles. The molecule has 4 rings (SSSR count). The molecular weight excluding hydrogens is 532 g/mol. The van der Waals surface area contributed by atoms with Gasteiger partial charge in [-0.3, -0.25) is 9.59 Å². The van der Waals surface area contributed by atoms with Gasteiger partial charge in [0.2, 0.25) is 5.91 Å². The lowest BCUT2D eigenvalue weighted by atomic mass is 10.0. The molecule has 1 aromatic heterocycles. The minimum atomic E-state index is -0.512. The van der Waals surface area contributed by atoms with Crippen molar-refractivity contribution >= 4 is 51.6 Å². The van der Waals surface area contributed by atoms with Gasteiger partial charge in [-0.1, -0.05) is 42.0 Å². The molecule has 3 aromatic carbocycles. The van der Waals surface area contributed by atoms with Crippen LogP contribution in [0.1, 0.15) is 33.2 Å². The molecule has 0 bridgehead atoms. The summed E-state index contributed by atoms with van der Waals surface area (Å²) in [6.45, 7) is 3.78. The summed E-state index contributed by atoms with van der Waals surface area (Å²) in [7, 11) is 2.87. The maximum atomic E-state index is 13.1. The molecule has 0 saturated carbocycles. The van der Waals surface area contributed by atoms with Crippen LogP contribution in [0.4, 0.5) is 10.7 Å². The van der Waals surface area contributed by atoms with Crippen molar-refractivity contribution in [1.29, 1.82) is 0 Å². The number of methoxy groups -OCH3 is 2. The average molecular weight is 561 g/mol. The normalized spacial score (nSPS) is 11.4. The van der Waals surface area contributed by atoms with Crippen molar-refractivity contribution in [2.75, 3.05) is 24.9 Å². The van der Waals surface area contributed by atoms with Gasteiger partial charge in [0.1, 0.15) is 16.3 Å². The molecule has 0 aliphatic rings. The third-order valence-electron chi connectivity index (χ3n) is 5.89. The summed E-state index contributed by atoms with van der Waals surface area (Å²) in [5.41, 5.74) is 4.10. The van der Waals surface area contributed by atoms with E-state index in [9.17, 15) is 14.4 Å². The van der Waals surface area contributed by atoms with E-state index < -0.39 is 11.2 Å². The maximum absolute atomic E-state index is 13.1. The van der Waals surface area contributed by atoms with Gasteiger partial charge in [0.05, 0.1) is 19.5 Å². The lowest BCUT2D eigenvalue weighted by Crippen LogP contribution is -2.23. The molecule has 2 N–H and O–H groups in total. The van der Waals surface area contributed by atoms with Gasteiger partial charge < -0.3 is 20.1 Å². The van der Waals surface area contributed by atoms with Crippen molar-refractivity contribution in [3.8, 4) is 16.9 Å². The minimum absolute atomic E-state index is 0.256. The first kappa shape index (κ1) is 27.9. The van der Waals surface area contributed by atoms with Gasteiger partial charge in [0.25, 0.3) is 5.91 Å². The van der Waals surface area contributed by atoms with E-state index in [4.69, 9.17) is 9.47 Å². The average Bonchev–Trinajstić information content (AvgIpc) is 3.36. The molecular formula is C30H28N2O5S2. The van der Waals surface area contributed by atoms with Gasteiger partial charge in [-0.15, -0.1) is 23.1 Å². The number of hydrogen-bond donors (Lipinski definition) is 2. The molecule has 4 aromatic rings. The number of hydrogen-bond acceptors (Lipinski definition) is 7. The van der Waals surface area contributed by atoms with E-state index in [1.165, 1.54) is 30.2 Å². The molecule has 9 heteroatoms. The van der Waals surface area contributed by atoms with Crippen LogP contribution in [-0.2, 0) is 9.53 Å². The smallest absolute Gasteiger partial charge is 0.341 e. The van der Waals surface area contributed by atoms with E-state index in [1.807, 2.05) is 54.8 Å². The van der Waals surface area contributed by atoms with Crippen molar-refractivity contribution in [2.45, 2.75) is 24.0 Å².